The summed E-state index contributed by atoms with van der Waals surface area (Å²) in [5.41, 5.74) is 6.85. The first-order chi connectivity index (χ1) is 10.3. The molecule has 2 unspecified atom stereocenters. The molecule has 21 heavy (non-hydrogen) atoms. The van der Waals surface area contributed by atoms with Gasteiger partial charge in [0.2, 0.25) is 11.7 Å². The molecule has 0 saturated heterocycles. The Morgan fingerprint density at radius 1 is 1.19 bits per heavy atom. The van der Waals surface area contributed by atoms with E-state index in [4.69, 9.17) is 14.7 Å². The summed E-state index contributed by atoms with van der Waals surface area (Å²) in [6.45, 7) is 0. The van der Waals surface area contributed by atoms with E-state index in [9.17, 15) is 0 Å². The van der Waals surface area contributed by atoms with Crippen LogP contribution in [0.5, 0.6) is 0 Å². The molecule has 4 rings (SSSR count). The molecule has 5 nitrogen and oxygen atoms in total. The van der Waals surface area contributed by atoms with Crippen LogP contribution in [0.4, 0.5) is 0 Å². The van der Waals surface area contributed by atoms with E-state index in [1.807, 2.05) is 30.3 Å². The lowest BCUT2D eigenvalue weighted by atomic mass is 9.86. The fraction of sp³-hybridized carbons (Fsp3) is 0.375. The molecule has 0 bridgehead atoms. The number of nitrogens with zero attached hydrogens (tertiary/aromatic N) is 2. The second-order valence-corrected chi connectivity index (χ2v) is 5.73. The van der Waals surface area contributed by atoms with Crippen molar-refractivity contribution in [3.8, 4) is 11.6 Å². The molecule has 1 aliphatic carbocycles. The molecule has 2 heterocycles. The highest BCUT2D eigenvalue weighted by atomic mass is 16.5. The van der Waals surface area contributed by atoms with Crippen LogP contribution >= 0.6 is 0 Å². The Kier molecular flexibility index (Phi) is 3.00. The van der Waals surface area contributed by atoms with Gasteiger partial charge in [-0.3, -0.25) is 0 Å². The number of nitrogens with two attached hydrogens (primary N) is 1. The van der Waals surface area contributed by atoms with Crippen LogP contribution in [0.1, 0.15) is 37.5 Å². The molecule has 5 heteroatoms. The first kappa shape index (κ1) is 12.6. The van der Waals surface area contributed by atoms with Gasteiger partial charge in [-0.25, -0.2) is 0 Å². The number of hydrogen-bond acceptors (Lipinski definition) is 5. The molecule has 1 aliphatic rings. The van der Waals surface area contributed by atoms with E-state index in [0.717, 1.165) is 36.7 Å². The number of fused-ring (bicyclic) bond motifs is 1. The van der Waals surface area contributed by atoms with E-state index < -0.39 is 0 Å². The quantitative estimate of drug-likeness (QED) is 0.779. The fourth-order valence-electron chi connectivity index (χ4n) is 3.05. The van der Waals surface area contributed by atoms with Gasteiger partial charge >= 0.3 is 0 Å². The molecule has 0 radical (unpaired) electrons. The average Bonchev–Trinajstić information content (AvgIpc) is 3.14. The predicted octanol–water partition coefficient (Wildman–Crippen LogP) is 3.47. The molecule has 1 saturated carbocycles. The highest BCUT2D eigenvalue weighted by Crippen LogP contribution is 2.33. The molecule has 0 aliphatic heterocycles. The smallest absolute Gasteiger partial charge is 0.238 e. The van der Waals surface area contributed by atoms with E-state index in [2.05, 4.69) is 10.1 Å². The summed E-state index contributed by atoms with van der Waals surface area (Å²) in [4.78, 5) is 4.51. The van der Waals surface area contributed by atoms with Crippen molar-refractivity contribution < 1.29 is 8.94 Å². The van der Waals surface area contributed by atoms with Crippen molar-refractivity contribution in [2.24, 2.45) is 5.73 Å². The molecule has 0 amide bonds. The monoisotopic (exact) mass is 283 g/mol. The molecule has 2 aromatic heterocycles. The van der Waals surface area contributed by atoms with Crippen molar-refractivity contribution >= 4 is 11.0 Å². The van der Waals surface area contributed by atoms with E-state index in [0.29, 0.717) is 17.5 Å². The molecule has 1 fully saturated rings. The highest BCUT2D eigenvalue weighted by Gasteiger charge is 2.26. The Morgan fingerprint density at radius 3 is 2.95 bits per heavy atom. The minimum absolute atomic E-state index is 0.241. The lowest BCUT2D eigenvalue weighted by Crippen LogP contribution is -2.26. The standard InChI is InChI=1S/C16H17N3O2/c17-12-6-3-5-11(8-12)16-18-15(19-21-16)14-9-10-4-1-2-7-13(10)20-14/h1-2,4,7,9,11-12H,3,5-6,8,17H2. The fourth-order valence-corrected chi connectivity index (χ4v) is 3.05. The van der Waals surface area contributed by atoms with Crippen LogP contribution in [0.3, 0.4) is 0 Å². The number of aromatic nitrogens is 2. The van der Waals surface area contributed by atoms with Crippen LogP contribution in [0.25, 0.3) is 22.6 Å². The van der Waals surface area contributed by atoms with Crippen molar-refractivity contribution in [1.82, 2.24) is 10.1 Å². The number of para-hydroxylation sites is 1. The lowest BCUT2D eigenvalue weighted by Gasteiger charge is -2.23. The summed E-state index contributed by atoms with van der Waals surface area (Å²) in [5, 5.41) is 5.10. The molecular formula is C16H17N3O2. The summed E-state index contributed by atoms with van der Waals surface area (Å²) >= 11 is 0. The third-order valence-corrected chi connectivity index (χ3v) is 4.15. The van der Waals surface area contributed by atoms with Crippen molar-refractivity contribution in [3.63, 3.8) is 0 Å². The normalized spacial score (nSPS) is 22.7. The third-order valence-electron chi connectivity index (χ3n) is 4.15. The van der Waals surface area contributed by atoms with Gasteiger partial charge < -0.3 is 14.7 Å². The Hall–Kier alpha value is -2.14. The average molecular weight is 283 g/mol. The zero-order valence-electron chi connectivity index (χ0n) is 11.7. The third kappa shape index (κ3) is 2.34. The van der Waals surface area contributed by atoms with E-state index in [1.165, 1.54) is 0 Å². The summed E-state index contributed by atoms with van der Waals surface area (Å²) in [5.74, 6) is 2.12. The molecule has 2 atom stereocenters. The van der Waals surface area contributed by atoms with Gasteiger partial charge in [0.05, 0.1) is 0 Å². The molecule has 108 valence electrons. The lowest BCUT2D eigenvalue weighted by molar-refractivity contribution is 0.298. The Balaban J connectivity index is 1.64. The van der Waals surface area contributed by atoms with Crippen LogP contribution in [0.15, 0.2) is 39.3 Å². The SMILES string of the molecule is NC1CCCC(c2nc(-c3cc4ccccc4o3)no2)C1. The van der Waals surface area contributed by atoms with Gasteiger partial charge in [0.1, 0.15) is 5.58 Å². The van der Waals surface area contributed by atoms with Crippen LogP contribution in [-0.2, 0) is 0 Å². The maximum atomic E-state index is 6.02. The second-order valence-electron chi connectivity index (χ2n) is 5.73. The largest absolute Gasteiger partial charge is 0.453 e. The maximum absolute atomic E-state index is 6.02. The van der Waals surface area contributed by atoms with E-state index in [1.54, 1.807) is 0 Å². The minimum Gasteiger partial charge on any atom is -0.453 e. The van der Waals surface area contributed by atoms with Crippen molar-refractivity contribution in [2.45, 2.75) is 37.6 Å². The van der Waals surface area contributed by atoms with Crippen molar-refractivity contribution in [3.05, 3.63) is 36.2 Å². The Labute approximate surface area is 122 Å². The summed E-state index contributed by atoms with van der Waals surface area (Å²) in [6, 6.07) is 10.0. The second kappa shape index (κ2) is 5.00. The summed E-state index contributed by atoms with van der Waals surface area (Å²) in [6.07, 6.45) is 4.19. The molecule has 2 N–H and O–H groups in total. The zero-order chi connectivity index (χ0) is 14.2. The molecule has 1 aromatic carbocycles. The van der Waals surface area contributed by atoms with Gasteiger partial charge in [0.15, 0.2) is 5.76 Å². The topological polar surface area (TPSA) is 78.1 Å². The maximum Gasteiger partial charge on any atom is 0.238 e. The Bertz CT molecular complexity index is 729. The van der Waals surface area contributed by atoms with Crippen LogP contribution < -0.4 is 5.73 Å². The van der Waals surface area contributed by atoms with Crippen molar-refractivity contribution in [1.29, 1.82) is 0 Å². The number of hydrogen-bond donors (Lipinski definition) is 1. The van der Waals surface area contributed by atoms with Crippen molar-refractivity contribution in [2.75, 3.05) is 0 Å². The van der Waals surface area contributed by atoms with E-state index in [-0.39, 0.29) is 12.0 Å². The van der Waals surface area contributed by atoms with E-state index >= 15 is 0 Å². The minimum atomic E-state index is 0.241. The first-order valence-corrected chi connectivity index (χ1v) is 7.38. The highest BCUT2D eigenvalue weighted by molar-refractivity contribution is 5.81. The molecular weight excluding hydrogens is 266 g/mol. The van der Waals surface area contributed by atoms with Crippen LogP contribution in [0.2, 0.25) is 0 Å². The van der Waals surface area contributed by atoms with Gasteiger partial charge in [-0.05, 0) is 31.4 Å². The number of rotatable bonds is 2. The number of furan rings is 1. The van der Waals surface area contributed by atoms with Crippen LogP contribution in [-0.4, -0.2) is 16.2 Å². The predicted molar refractivity (Wildman–Crippen MR) is 78.7 cm³/mol. The number of benzene rings is 1. The van der Waals surface area contributed by atoms with Gasteiger partial charge in [-0.15, -0.1) is 0 Å². The van der Waals surface area contributed by atoms with Gasteiger partial charge in [-0.2, -0.15) is 4.98 Å². The van der Waals surface area contributed by atoms with Gasteiger partial charge in [-0.1, -0.05) is 29.8 Å². The molecule has 0 spiro atoms. The first-order valence-electron chi connectivity index (χ1n) is 7.38. The van der Waals surface area contributed by atoms with Gasteiger partial charge in [0.25, 0.3) is 0 Å². The van der Waals surface area contributed by atoms with Crippen LogP contribution in [0, 0.1) is 0 Å². The van der Waals surface area contributed by atoms with Gasteiger partial charge in [0, 0.05) is 17.3 Å². The zero-order valence-corrected chi connectivity index (χ0v) is 11.7. The molecule has 3 aromatic rings. The summed E-state index contributed by atoms with van der Waals surface area (Å²) < 4.78 is 11.2. The summed E-state index contributed by atoms with van der Waals surface area (Å²) in [7, 11) is 0. The Morgan fingerprint density at radius 2 is 2.10 bits per heavy atom.